The Kier molecular flexibility index (Phi) is 8.06. The van der Waals surface area contributed by atoms with Gasteiger partial charge in [0.1, 0.15) is 5.75 Å². The van der Waals surface area contributed by atoms with Gasteiger partial charge in [-0.15, -0.1) is 0 Å². The van der Waals surface area contributed by atoms with Crippen LogP contribution < -0.4 is 9.46 Å². The molecule has 2 aromatic carbocycles. The minimum Gasteiger partial charge on any atom is -0.478 e. The first-order chi connectivity index (χ1) is 15.4. The van der Waals surface area contributed by atoms with E-state index in [9.17, 15) is 38.5 Å². The van der Waals surface area contributed by atoms with E-state index >= 15 is 0 Å². The summed E-state index contributed by atoms with van der Waals surface area (Å²) in [6, 6.07) is 8.73. The molecule has 0 saturated heterocycles. The first-order valence-corrected chi connectivity index (χ1v) is 11.3. The molecule has 0 radical (unpaired) electrons. The van der Waals surface area contributed by atoms with Crippen molar-refractivity contribution in [1.82, 2.24) is 4.72 Å². The summed E-state index contributed by atoms with van der Waals surface area (Å²) >= 11 is 0. The largest absolute Gasteiger partial charge is 0.478 e. The number of sulfonamides is 1. The predicted octanol–water partition coefficient (Wildman–Crippen LogP) is 3.05. The predicted molar refractivity (Wildman–Crippen MR) is 117 cm³/mol. The van der Waals surface area contributed by atoms with Gasteiger partial charge in [-0.2, -0.15) is 0 Å². The van der Waals surface area contributed by atoms with Crippen LogP contribution in [0.3, 0.4) is 0 Å². The van der Waals surface area contributed by atoms with Crippen LogP contribution >= 0.6 is 0 Å². The highest BCUT2D eigenvalue weighted by atomic mass is 32.2. The molecular weight excluding hydrogens is 458 g/mol. The number of aliphatic carboxylic acids is 1. The van der Waals surface area contributed by atoms with Gasteiger partial charge in [0.2, 0.25) is 15.6 Å². The summed E-state index contributed by atoms with van der Waals surface area (Å²) in [4.78, 5) is 31.0. The molecule has 1 unspecified atom stereocenters. The first-order valence-electron chi connectivity index (χ1n) is 9.83. The third-order valence-corrected chi connectivity index (χ3v) is 6.30. The average molecular weight is 481 g/mol. The first kappa shape index (κ1) is 25.7. The average Bonchev–Trinajstić information content (AvgIpc) is 2.74. The van der Waals surface area contributed by atoms with Crippen LogP contribution in [0.25, 0.3) is 0 Å². The third-order valence-electron chi connectivity index (χ3n) is 4.79. The number of nitrogens with one attached hydrogen (secondary N) is 1. The number of carboxylic acids is 1. The molecule has 0 saturated carbocycles. The van der Waals surface area contributed by atoms with Gasteiger partial charge in [0.15, 0.2) is 4.90 Å². The molecule has 12 nitrogen and oxygen atoms in total. The van der Waals surface area contributed by atoms with Crippen molar-refractivity contribution in [3.63, 3.8) is 0 Å². The maximum Gasteiger partial charge on any atom is 0.347 e. The number of hydrogen-bond donors (Lipinski definition) is 2. The van der Waals surface area contributed by atoms with Crippen molar-refractivity contribution in [3.05, 3.63) is 68.3 Å². The Morgan fingerprint density at radius 3 is 2.27 bits per heavy atom. The van der Waals surface area contributed by atoms with Crippen molar-refractivity contribution in [2.24, 2.45) is 0 Å². The van der Waals surface area contributed by atoms with Crippen LogP contribution in [0, 0.1) is 20.2 Å². The number of nitro groups is 2. The van der Waals surface area contributed by atoms with Crippen molar-refractivity contribution < 1.29 is 32.9 Å². The number of nitrogens with zero attached hydrogens (tertiary/aromatic N) is 2. The van der Waals surface area contributed by atoms with Crippen LogP contribution in [0.4, 0.5) is 11.4 Å². The standard InChI is InChI=1S/C20H23N3O9S/c1-3-11-20(2,19(24)25)32-16-7-4-14(5-8-16)10-12-21-33(30,31)18-9-6-15(22(26)27)13-17(18)23(28)29/h4-9,13,21H,3,10-12H2,1-2H3,(H,24,25). The van der Waals surface area contributed by atoms with Crippen LogP contribution in [-0.4, -0.2) is 41.5 Å². The highest BCUT2D eigenvalue weighted by Crippen LogP contribution is 2.28. The summed E-state index contributed by atoms with van der Waals surface area (Å²) in [5.41, 5.74) is -2.16. The smallest absolute Gasteiger partial charge is 0.347 e. The van der Waals surface area contributed by atoms with E-state index in [1.165, 1.54) is 6.92 Å². The lowest BCUT2D eigenvalue weighted by Crippen LogP contribution is -2.41. The zero-order valence-electron chi connectivity index (χ0n) is 17.9. The van der Waals surface area contributed by atoms with E-state index in [1.807, 2.05) is 6.92 Å². The van der Waals surface area contributed by atoms with E-state index in [1.54, 1.807) is 24.3 Å². The van der Waals surface area contributed by atoms with E-state index in [0.29, 0.717) is 30.2 Å². The van der Waals surface area contributed by atoms with Crippen LogP contribution in [0.15, 0.2) is 47.4 Å². The SMILES string of the molecule is CCCC(C)(Oc1ccc(CCNS(=O)(=O)c2ccc([N+](=O)[O-])cc2[N+](=O)[O-])cc1)C(=O)O. The van der Waals surface area contributed by atoms with Crippen molar-refractivity contribution in [3.8, 4) is 5.75 Å². The van der Waals surface area contributed by atoms with Gasteiger partial charge in [0.05, 0.1) is 15.9 Å². The normalized spacial score (nSPS) is 13.2. The van der Waals surface area contributed by atoms with Gasteiger partial charge in [-0.3, -0.25) is 20.2 Å². The zero-order chi connectivity index (χ0) is 24.8. The highest BCUT2D eigenvalue weighted by Gasteiger charge is 2.34. The number of benzene rings is 2. The molecule has 1 atom stereocenters. The highest BCUT2D eigenvalue weighted by molar-refractivity contribution is 7.89. The molecule has 0 aliphatic carbocycles. The van der Waals surface area contributed by atoms with E-state index in [0.717, 1.165) is 12.1 Å². The fraction of sp³-hybridized carbons (Fsp3) is 0.350. The molecule has 0 aromatic heterocycles. The fourth-order valence-corrected chi connectivity index (χ4v) is 4.24. The monoisotopic (exact) mass is 481 g/mol. The van der Waals surface area contributed by atoms with Crippen LogP contribution in [0.2, 0.25) is 0 Å². The second kappa shape index (κ2) is 10.4. The van der Waals surface area contributed by atoms with E-state index in [2.05, 4.69) is 4.72 Å². The van der Waals surface area contributed by atoms with Gasteiger partial charge in [-0.1, -0.05) is 25.5 Å². The molecule has 2 rings (SSSR count). The Balaban J connectivity index is 2.07. The molecule has 2 N–H and O–H groups in total. The van der Waals surface area contributed by atoms with Gasteiger partial charge in [-0.25, -0.2) is 17.9 Å². The third kappa shape index (κ3) is 6.46. The molecule has 2 aromatic rings. The van der Waals surface area contributed by atoms with E-state index in [4.69, 9.17) is 4.74 Å². The van der Waals surface area contributed by atoms with E-state index < -0.39 is 47.7 Å². The van der Waals surface area contributed by atoms with Crippen molar-refractivity contribution in [2.75, 3.05) is 6.54 Å². The van der Waals surface area contributed by atoms with Crippen molar-refractivity contribution in [2.45, 2.75) is 43.6 Å². The van der Waals surface area contributed by atoms with Gasteiger partial charge in [0, 0.05) is 12.6 Å². The Bertz CT molecular complexity index is 1150. The Morgan fingerprint density at radius 1 is 1.12 bits per heavy atom. The number of non-ortho nitro benzene ring substituents is 1. The summed E-state index contributed by atoms with van der Waals surface area (Å²) in [5.74, 6) is -0.734. The minimum absolute atomic E-state index is 0.0979. The molecule has 0 bridgehead atoms. The summed E-state index contributed by atoms with van der Waals surface area (Å²) < 4.78 is 32.9. The molecule has 178 valence electrons. The van der Waals surface area contributed by atoms with E-state index in [-0.39, 0.29) is 13.0 Å². The fourth-order valence-electron chi connectivity index (χ4n) is 3.06. The summed E-state index contributed by atoms with van der Waals surface area (Å²) in [7, 11) is -4.30. The number of rotatable bonds is 12. The quantitative estimate of drug-likeness (QED) is 0.340. The Hall–Kier alpha value is -3.58. The molecule has 0 fully saturated rings. The molecule has 0 amide bonds. The second-order valence-electron chi connectivity index (χ2n) is 7.35. The number of carboxylic acid groups (broad SMARTS) is 1. The van der Waals surface area contributed by atoms with Gasteiger partial charge in [0.25, 0.3) is 11.4 Å². The molecular formula is C20H23N3O9S. The number of nitro benzene ring substituents is 2. The number of ether oxygens (including phenoxy) is 1. The van der Waals surface area contributed by atoms with Gasteiger partial charge < -0.3 is 9.84 Å². The molecule has 13 heteroatoms. The summed E-state index contributed by atoms with van der Waals surface area (Å²) in [5, 5.41) is 31.4. The molecule has 33 heavy (non-hydrogen) atoms. The summed E-state index contributed by atoms with van der Waals surface area (Å²) in [6.07, 6.45) is 1.17. The number of hydrogen-bond acceptors (Lipinski definition) is 8. The van der Waals surface area contributed by atoms with Gasteiger partial charge in [-0.05, 0) is 43.5 Å². The summed E-state index contributed by atoms with van der Waals surface area (Å²) in [6.45, 7) is 3.23. The maximum absolute atomic E-state index is 12.5. The Morgan fingerprint density at radius 2 is 1.76 bits per heavy atom. The number of carbonyl (C=O) groups is 1. The maximum atomic E-state index is 12.5. The minimum atomic E-state index is -4.30. The van der Waals surface area contributed by atoms with Crippen molar-refractivity contribution >= 4 is 27.4 Å². The zero-order valence-corrected chi connectivity index (χ0v) is 18.7. The van der Waals surface area contributed by atoms with Crippen LogP contribution in [0.5, 0.6) is 5.75 Å². The lowest BCUT2D eigenvalue weighted by Gasteiger charge is -2.26. The van der Waals surface area contributed by atoms with Crippen LogP contribution in [0.1, 0.15) is 32.3 Å². The molecule has 0 spiro atoms. The van der Waals surface area contributed by atoms with Crippen molar-refractivity contribution in [1.29, 1.82) is 0 Å². The lowest BCUT2D eigenvalue weighted by molar-refractivity contribution is -0.396. The van der Waals surface area contributed by atoms with Gasteiger partial charge >= 0.3 is 5.97 Å². The molecule has 0 heterocycles. The Labute approximate surface area is 189 Å². The molecule has 0 aliphatic heterocycles. The topological polar surface area (TPSA) is 179 Å². The lowest BCUT2D eigenvalue weighted by atomic mass is 10.0. The van der Waals surface area contributed by atoms with Crippen LogP contribution in [-0.2, 0) is 21.2 Å². The molecule has 0 aliphatic rings. The second-order valence-corrected chi connectivity index (χ2v) is 9.08.